The first-order valence-electron chi connectivity index (χ1n) is 5.62. The molecule has 0 aliphatic heterocycles. The van der Waals surface area contributed by atoms with Crippen molar-refractivity contribution in [3.63, 3.8) is 0 Å². The third-order valence-corrected chi connectivity index (χ3v) is 2.91. The fourth-order valence-electron chi connectivity index (χ4n) is 1.75. The highest BCUT2D eigenvalue weighted by atomic mass is 35.5. The van der Waals surface area contributed by atoms with E-state index in [4.69, 9.17) is 11.6 Å². The molecule has 0 unspecified atom stereocenters. The average Bonchev–Trinajstić information content (AvgIpc) is 2.75. The number of aliphatic hydroxyl groups excluding tert-OH is 1. The van der Waals surface area contributed by atoms with Crippen molar-refractivity contribution in [3.8, 4) is 0 Å². The second-order valence-corrected chi connectivity index (χ2v) is 4.35. The minimum Gasteiger partial charge on any atom is -0.390 e. The monoisotopic (exact) mass is 263 g/mol. The number of benzene rings is 1. The minimum absolute atomic E-state index is 0.111. The Balaban J connectivity index is 2.28. The maximum absolute atomic E-state index is 9.26. The first-order chi connectivity index (χ1) is 8.74. The van der Waals surface area contributed by atoms with Crippen LogP contribution in [-0.2, 0) is 19.6 Å². The van der Waals surface area contributed by atoms with Gasteiger partial charge in [0.25, 0.3) is 0 Å². The van der Waals surface area contributed by atoms with Crippen molar-refractivity contribution in [2.75, 3.05) is 0 Å². The van der Waals surface area contributed by atoms with Crippen LogP contribution in [0.1, 0.15) is 17.0 Å². The highest BCUT2D eigenvalue weighted by Crippen LogP contribution is 2.15. The van der Waals surface area contributed by atoms with Gasteiger partial charge in [0.15, 0.2) is 0 Å². The van der Waals surface area contributed by atoms with Crippen LogP contribution >= 0.6 is 11.6 Å². The van der Waals surface area contributed by atoms with Gasteiger partial charge in [0, 0.05) is 11.4 Å². The number of rotatable bonds is 5. The van der Waals surface area contributed by atoms with Crippen molar-refractivity contribution in [3.05, 3.63) is 58.9 Å². The third-order valence-electron chi connectivity index (χ3n) is 2.65. The Morgan fingerprint density at radius 2 is 2.06 bits per heavy atom. The SMILES string of the molecule is C=CCn1nnc(CO)c1Cc1ccc(Cl)cc1. The lowest BCUT2D eigenvalue weighted by molar-refractivity contribution is 0.275. The molecular weight excluding hydrogens is 250 g/mol. The topological polar surface area (TPSA) is 50.9 Å². The standard InChI is InChI=1S/C13H14ClN3O/c1-2-7-17-13(12(9-18)15-16-17)8-10-3-5-11(14)6-4-10/h2-6,18H,1,7-9H2. The molecule has 2 rings (SSSR count). The summed E-state index contributed by atoms with van der Waals surface area (Å²) in [6.07, 6.45) is 2.41. The molecule has 1 heterocycles. The molecule has 0 atom stereocenters. The molecule has 1 aromatic carbocycles. The molecule has 1 aromatic heterocycles. The molecule has 1 N–H and O–H groups in total. The molecular formula is C13H14ClN3O. The quantitative estimate of drug-likeness (QED) is 0.842. The Morgan fingerprint density at radius 3 is 2.67 bits per heavy atom. The van der Waals surface area contributed by atoms with E-state index in [1.165, 1.54) is 0 Å². The molecule has 0 saturated heterocycles. The van der Waals surface area contributed by atoms with E-state index in [1.807, 2.05) is 24.3 Å². The molecule has 0 bridgehead atoms. The van der Waals surface area contributed by atoms with Gasteiger partial charge in [0.1, 0.15) is 5.69 Å². The highest BCUT2D eigenvalue weighted by molar-refractivity contribution is 6.30. The second-order valence-electron chi connectivity index (χ2n) is 3.91. The molecule has 18 heavy (non-hydrogen) atoms. The first-order valence-corrected chi connectivity index (χ1v) is 6.00. The fraction of sp³-hybridized carbons (Fsp3) is 0.231. The predicted molar refractivity (Wildman–Crippen MR) is 70.4 cm³/mol. The van der Waals surface area contributed by atoms with Crippen molar-refractivity contribution in [2.45, 2.75) is 19.6 Å². The Kier molecular flexibility index (Phi) is 4.12. The summed E-state index contributed by atoms with van der Waals surface area (Å²) in [7, 11) is 0. The van der Waals surface area contributed by atoms with E-state index in [0.29, 0.717) is 23.7 Å². The zero-order valence-corrected chi connectivity index (χ0v) is 10.6. The van der Waals surface area contributed by atoms with Crippen molar-refractivity contribution < 1.29 is 5.11 Å². The number of nitrogens with zero attached hydrogens (tertiary/aromatic N) is 3. The predicted octanol–water partition coefficient (Wildman–Crippen LogP) is 2.20. The number of hydrogen-bond donors (Lipinski definition) is 1. The summed E-state index contributed by atoms with van der Waals surface area (Å²) in [4.78, 5) is 0. The van der Waals surface area contributed by atoms with Crippen molar-refractivity contribution in [1.82, 2.24) is 15.0 Å². The zero-order chi connectivity index (χ0) is 13.0. The first kappa shape index (κ1) is 12.8. The van der Waals surface area contributed by atoms with Crippen LogP contribution in [0.2, 0.25) is 5.02 Å². The van der Waals surface area contributed by atoms with Crippen molar-refractivity contribution >= 4 is 11.6 Å². The minimum atomic E-state index is -0.111. The molecule has 2 aromatic rings. The summed E-state index contributed by atoms with van der Waals surface area (Å²) < 4.78 is 1.74. The van der Waals surface area contributed by atoms with Crippen LogP contribution in [0.15, 0.2) is 36.9 Å². The number of halogens is 1. The van der Waals surface area contributed by atoms with Crippen LogP contribution in [0, 0.1) is 0 Å². The summed E-state index contributed by atoms with van der Waals surface area (Å²) in [6, 6.07) is 7.60. The van der Waals surface area contributed by atoms with Gasteiger partial charge in [0.05, 0.1) is 18.8 Å². The lowest BCUT2D eigenvalue weighted by atomic mass is 10.1. The van der Waals surface area contributed by atoms with Gasteiger partial charge < -0.3 is 5.11 Å². The van der Waals surface area contributed by atoms with Gasteiger partial charge in [-0.3, -0.25) is 0 Å². The van der Waals surface area contributed by atoms with Crippen molar-refractivity contribution in [2.24, 2.45) is 0 Å². The maximum Gasteiger partial charge on any atom is 0.112 e. The van der Waals surface area contributed by atoms with Gasteiger partial charge in [-0.1, -0.05) is 35.0 Å². The van der Waals surface area contributed by atoms with Gasteiger partial charge in [-0.25, -0.2) is 4.68 Å². The molecule has 0 amide bonds. The molecule has 4 nitrogen and oxygen atoms in total. The Hall–Kier alpha value is -1.65. The van der Waals surface area contributed by atoms with E-state index < -0.39 is 0 Å². The maximum atomic E-state index is 9.26. The summed E-state index contributed by atoms with van der Waals surface area (Å²) in [5.74, 6) is 0. The molecule has 0 saturated carbocycles. The van der Waals surface area contributed by atoms with Gasteiger partial charge in [0.2, 0.25) is 0 Å². The van der Waals surface area contributed by atoms with Gasteiger partial charge >= 0.3 is 0 Å². The number of aliphatic hydroxyl groups is 1. The number of allylic oxidation sites excluding steroid dienone is 1. The summed E-state index contributed by atoms with van der Waals surface area (Å²) in [5, 5.41) is 17.9. The second kappa shape index (κ2) is 5.80. The van der Waals surface area contributed by atoms with Crippen LogP contribution in [0.25, 0.3) is 0 Å². The van der Waals surface area contributed by atoms with Crippen molar-refractivity contribution in [1.29, 1.82) is 0 Å². The largest absolute Gasteiger partial charge is 0.390 e. The van der Waals surface area contributed by atoms with E-state index >= 15 is 0 Å². The fourth-order valence-corrected chi connectivity index (χ4v) is 1.88. The lowest BCUT2D eigenvalue weighted by Gasteiger charge is -2.06. The van der Waals surface area contributed by atoms with Crippen LogP contribution in [0.4, 0.5) is 0 Å². The van der Waals surface area contributed by atoms with E-state index in [0.717, 1.165) is 11.3 Å². The molecule has 0 aliphatic carbocycles. The smallest absolute Gasteiger partial charge is 0.112 e. The van der Waals surface area contributed by atoms with E-state index in [-0.39, 0.29) is 6.61 Å². The molecule has 94 valence electrons. The lowest BCUT2D eigenvalue weighted by Crippen LogP contribution is -2.05. The summed E-state index contributed by atoms with van der Waals surface area (Å²) >= 11 is 5.85. The van der Waals surface area contributed by atoms with Gasteiger partial charge in [-0.05, 0) is 17.7 Å². The Labute approximate surface area is 111 Å². The Bertz CT molecular complexity index is 534. The molecule has 0 fully saturated rings. The highest BCUT2D eigenvalue weighted by Gasteiger charge is 2.11. The normalized spacial score (nSPS) is 10.6. The van der Waals surface area contributed by atoms with E-state index in [1.54, 1.807) is 10.8 Å². The molecule has 0 radical (unpaired) electrons. The van der Waals surface area contributed by atoms with Crippen LogP contribution in [-0.4, -0.2) is 20.1 Å². The number of aromatic nitrogens is 3. The molecule has 5 heteroatoms. The third kappa shape index (κ3) is 2.78. The van der Waals surface area contributed by atoms with Gasteiger partial charge in [-0.2, -0.15) is 0 Å². The summed E-state index contributed by atoms with van der Waals surface area (Å²) in [6.45, 7) is 4.15. The van der Waals surface area contributed by atoms with Crippen LogP contribution < -0.4 is 0 Å². The zero-order valence-electron chi connectivity index (χ0n) is 9.88. The van der Waals surface area contributed by atoms with Gasteiger partial charge in [-0.15, -0.1) is 11.7 Å². The molecule has 0 aliphatic rings. The van der Waals surface area contributed by atoms with E-state index in [9.17, 15) is 5.11 Å². The molecule has 0 spiro atoms. The average molecular weight is 264 g/mol. The van der Waals surface area contributed by atoms with Crippen LogP contribution in [0.5, 0.6) is 0 Å². The van der Waals surface area contributed by atoms with Crippen LogP contribution in [0.3, 0.4) is 0 Å². The Morgan fingerprint density at radius 1 is 1.33 bits per heavy atom. The van der Waals surface area contributed by atoms with E-state index in [2.05, 4.69) is 16.9 Å². The summed E-state index contributed by atoms with van der Waals surface area (Å²) in [5.41, 5.74) is 2.60. The number of hydrogen-bond acceptors (Lipinski definition) is 3.